The molecule has 0 saturated heterocycles. The number of benzene rings is 1. The third-order valence-electron chi connectivity index (χ3n) is 8.29. The molecule has 0 amide bonds. The summed E-state index contributed by atoms with van der Waals surface area (Å²) < 4.78 is 0. The van der Waals surface area contributed by atoms with Crippen LogP contribution in [0.1, 0.15) is 51.1 Å². The molecule has 0 spiro atoms. The number of aromatic nitrogens is 3. The van der Waals surface area contributed by atoms with Gasteiger partial charge in [0.15, 0.2) is 11.6 Å². The molecule has 36 heavy (non-hydrogen) atoms. The quantitative estimate of drug-likeness (QED) is 0.442. The van der Waals surface area contributed by atoms with E-state index in [9.17, 15) is 4.79 Å². The molecule has 178 valence electrons. The van der Waals surface area contributed by atoms with Crippen molar-refractivity contribution in [1.82, 2.24) is 15.0 Å². The van der Waals surface area contributed by atoms with E-state index in [1.54, 1.807) is 6.20 Å². The Hall–Kier alpha value is -3.98. The van der Waals surface area contributed by atoms with Crippen molar-refractivity contribution in [3.63, 3.8) is 0 Å². The normalized spacial score (nSPS) is 25.2. The second-order valence-corrected chi connectivity index (χ2v) is 10.4. The molecular formula is C30H27N5O. The van der Waals surface area contributed by atoms with Gasteiger partial charge in [-0.1, -0.05) is 38.1 Å². The van der Waals surface area contributed by atoms with Gasteiger partial charge in [-0.2, -0.15) is 0 Å². The molecular weight excluding hydrogens is 446 g/mol. The van der Waals surface area contributed by atoms with Crippen molar-refractivity contribution in [1.29, 1.82) is 0 Å². The number of para-hydroxylation sites is 1. The van der Waals surface area contributed by atoms with Gasteiger partial charge in [-0.15, -0.1) is 0 Å². The topological polar surface area (TPSA) is 72.5 Å². The first-order valence-corrected chi connectivity index (χ1v) is 12.4. The second-order valence-electron chi connectivity index (χ2n) is 10.4. The summed E-state index contributed by atoms with van der Waals surface area (Å²) in [5.74, 6) is 0.451. The van der Waals surface area contributed by atoms with Gasteiger partial charge in [0.25, 0.3) is 0 Å². The minimum absolute atomic E-state index is 0.0529. The molecule has 0 saturated carbocycles. The van der Waals surface area contributed by atoms with Crippen molar-refractivity contribution in [3.8, 4) is 11.4 Å². The zero-order valence-corrected chi connectivity index (χ0v) is 21.0. The van der Waals surface area contributed by atoms with Gasteiger partial charge in [0.05, 0.1) is 30.0 Å². The van der Waals surface area contributed by atoms with Crippen LogP contribution in [0.4, 0.5) is 0 Å². The van der Waals surface area contributed by atoms with Crippen LogP contribution in [0.5, 0.6) is 0 Å². The van der Waals surface area contributed by atoms with Crippen LogP contribution in [-0.2, 0) is 16.6 Å². The lowest BCUT2D eigenvalue weighted by Crippen LogP contribution is -2.46. The van der Waals surface area contributed by atoms with E-state index in [0.717, 1.165) is 57.5 Å². The number of Topliss-reactive ketones (excluding diaryl/α,β-unsaturated/α-hetero) is 1. The van der Waals surface area contributed by atoms with Crippen molar-refractivity contribution in [2.45, 2.75) is 46.0 Å². The Bertz CT molecular complexity index is 1600. The molecule has 3 heterocycles. The fourth-order valence-electron chi connectivity index (χ4n) is 6.44. The number of pyridine rings is 1. The van der Waals surface area contributed by atoms with Crippen LogP contribution >= 0.6 is 0 Å². The summed E-state index contributed by atoms with van der Waals surface area (Å²) in [4.78, 5) is 36.2. The third-order valence-corrected chi connectivity index (χ3v) is 8.29. The Morgan fingerprint density at radius 1 is 1.14 bits per heavy atom. The van der Waals surface area contributed by atoms with Gasteiger partial charge in [-0.25, -0.2) is 14.8 Å². The Morgan fingerprint density at radius 2 is 1.94 bits per heavy atom. The molecule has 2 aromatic heterocycles. The van der Waals surface area contributed by atoms with Crippen molar-refractivity contribution in [2.75, 3.05) is 6.54 Å². The minimum Gasteiger partial charge on any atom is -0.308 e. The molecule has 0 N–H and O–H groups in total. The van der Waals surface area contributed by atoms with Gasteiger partial charge in [0.2, 0.25) is 5.70 Å². The average Bonchev–Trinajstić information content (AvgIpc) is 3.22. The fourth-order valence-corrected chi connectivity index (χ4v) is 6.44. The van der Waals surface area contributed by atoms with Gasteiger partial charge in [-0.05, 0) is 50.3 Å². The van der Waals surface area contributed by atoms with Crippen molar-refractivity contribution < 1.29 is 4.79 Å². The van der Waals surface area contributed by atoms with Crippen molar-refractivity contribution in [2.24, 2.45) is 16.8 Å². The predicted molar refractivity (Wildman–Crippen MR) is 141 cm³/mol. The number of fused-ring (bicyclic) bond motifs is 4. The lowest BCUT2D eigenvalue weighted by atomic mass is 9.58. The number of aliphatic imine (C=N–C) groups is 1. The van der Waals surface area contributed by atoms with E-state index in [1.807, 2.05) is 44.2 Å². The molecule has 1 aromatic carbocycles. The van der Waals surface area contributed by atoms with E-state index in [2.05, 4.69) is 29.7 Å². The van der Waals surface area contributed by atoms with E-state index in [4.69, 9.17) is 21.5 Å². The van der Waals surface area contributed by atoms with E-state index in [0.29, 0.717) is 12.4 Å². The molecule has 0 fully saturated rings. The van der Waals surface area contributed by atoms with Crippen molar-refractivity contribution in [3.05, 3.63) is 82.2 Å². The predicted octanol–water partition coefficient (Wildman–Crippen LogP) is 5.78. The molecule has 2 aliphatic carbocycles. The number of carbonyl (C=O) groups excluding carboxylic acids is 1. The summed E-state index contributed by atoms with van der Waals surface area (Å²) in [6.45, 7) is 16.6. The first-order chi connectivity index (χ1) is 17.3. The second kappa shape index (κ2) is 8.03. The summed E-state index contributed by atoms with van der Waals surface area (Å²) >= 11 is 0. The monoisotopic (exact) mass is 473 g/mol. The highest BCUT2D eigenvalue weighted by Crippen LogP contribution is 2.51. The van der Waals surface area contributed by atoms with Gasteiger partial charge < -0.3 is 4.79 Å². The molecule has 3 aromatic rings. The minimum atomic E-state index is -0.534. The van der Waals surface area contributed by atoms with Gasteiger partial charge in [0.1, 0.15) is 0 Å². The summed E-state index contributed by atoms with van der Waals surface area (Å²) in [7, 11) is 0. The smallest absolute Gasteiger partial charge is 0.226 e. The number of nitrogens with zero attached hydrogens (tertiary/aromatic N) is 5. The lowest BCUT2D eigenvalue weighted by Gasteiger charge is -2.46. The Kier molecular flexibility index (Phi) is 5.01. The van der Waals surface area contributed by atoms with Crippen LogP contribution in [0.25, 0.3) is 32.7 Å². The van der Waals surface area contributed by atoms with Crippen LogP contribution in [0.3, 0.4) is 0 Å². The van der Waals surface area contributed by atoms with Crippen LogP contribution < -0.4 is 0 Å². The van der Waals surface area contributed by atoms with Crippen LogP contribution in [-0.4, -0.2) is 33.0 Å². The van der Waals surface area contributed by atoms with E-state index in [-0.39, 0.29) is 23.3 Å². The highest BCUT2D eigenvalue weighted by Gasteiger charge is 2.49. The molecule has 3 atom stereocenters. The number of rotatable bonds is 2. The molecule has 0 bridgehead atoms. The zero-order valence-electron chi connectivity index (χ0n) is 21.0. The summed E-state index contributed by atoms with van der Waals surface area (Å²) in [5.41, 5.74) is 7.79. The van der Waals surface area contributed by atoms with Gasteiger partial charge in [0, 0.05) is 45.3 Å². The Morgan fingerprint density at radius 3 is 2.69 bits per heavy atom. The molecule has 1 aliphatic heterocycles. The molecule has 0 radical (unpaired) electrons. The lowest BCUT2D eigenvalue weighted by molar-refractivity contribution is -0.121. The maximum absolute atomic E-state index is 12.9. The maximum atomic E-state index is 12.9. The highest BCUT2D eigenvalue weighted by molar-refractivity contribution is 6.25. The SMILES string of the molecule is [C-]#[N+]C1=C[C@@]2(C)c3nc(-c4ccnc5ccccc45)nc(C4=C(C)CN=C4C)c3CC[C@@H]2[C@@H](C)C1=O. The number of hydrogen-bond donors (Lipinski definition) is 0. The fraction of sp³-hybridized carbons (Fsp3) is 0.333. The van der Waals surface area contributed by atoms with Crippen molar-refractivity contribution >= 4 is 28.0 Å². The summed E-state index contributed by atoms with van der Waals surface area (Å²) in [6, 6.07) is 10.0. The highest BCUT2D eigenvalue weighted by atomic mass is 16.1. The summed E-state index contributed by atoms with van der Waals surface area (Å²) in [5, 5.41) is 0.996. The molecule has 6 rings (SSSR count). The largest absolute Gasteiger partial charge is 0.308 e. The molecule has 6 nitrogen and oxygen atoms in total. The molecule has 6 heteroatoms. The number of hydrogen-bond acceptors (Lipinski definition) is 5. The number of carbonyl (C=O) groups is 1. The molecule has 3 aliphatic rings. The third kappa shape index (κ3) is 3.12. The summed E-state index contributed by atoms with van der Waals surface area (Å²) in [6.07, 6.45) is 5.34. The van der Waals surface area contributed by atoms with E-state index < -0.39 is 5.41 Å². The Balaban J connectivity index is 1.69. The van der Waals surface area contributed by atoms with Crippen LogP contribution in [0.2, 0.25) is 0 Å². The number of ketones is 1. The average molecular weight is 474 g/mol. The standard InChI is InChI=1S/C30H27N5O/c1-16-15-33-18(3)25(16)26-21-10-11-22-17(2)27(36)24(31-5)14-30(22,4)28(21)35-29(34-26)20-12-13-32-23-9-7-6-8-19(20)23/h6-9,12-14,17,22H,10-11,15H2,1-4H3/t17-,22-,30-/m1/s1. The first-order valence-electron chi connectivity index (χ1n) is 12.4. The first kappa shape index (κ1) is 22.5. The van der Waals surface area contributed by atoms with E-state index in [1.165, 1.54) is 5.57 Å². The van der Waals surface area contributed by atoms with Gasteiger partial charge >= 0.3 is 0 Å². The molecule has 0 unspecified atom stereocenters. The van der Waals surface area contributed by atoms with E-state index >= 15 is 0 Å². The van der Waals surface area contributed by atoms with Crippen LogP contribution in [0, 0.1) is 18.4 Å². The zero-order chi connectivity index (χ0) is 25.2. The number of allylic oxidation sites excluding steroid dienone is 3. The van der Waals surface area contributed by atoms with Gasteiger partial charge in [-0.3, -0.25) is 9.98 Å². The van der Waals surface area contributed by atoms with Crippen LogP contribution in [0.15, 0.2) is 58.9 Å². The maximum Gasteiger partial charge on any atom is 0.226 e. The Labute approximate surface area is 210 Å².